The molecule has 0 aromatic heterocycles. The molecule has 0 spiro atoms. The van der Waals surface area contributed by atoms with Crippen LogP contribution >= 0.6 is 11.6 Å². The van der Waals surface area contributed by atoms with Crippen molar-refractivity contribution >= 4 is 27.7 Å². The summed E-state index contributed by atoms with van der Waals surface area (Å²) >= 11 is 5.04. The average Bonchev–Trinajstić information content (AvgIpc) is 1.86. The lowest BCUT2D eigenvalue weighted by Gasteiger charge is -1.89. The van der Waals surface area contributed by atoms with E-state index < -0.39 is 10.0 Å². The van der Waals surface area contributed by atoms with Gasteiger partial charge in [0, 0.05) is 5.54 Å². The Bertz CT molecular complexity index is 286. The molecule has 0 amide bonds. The van der Waals surface area contributed by atoms with Crippen LogP contribution in [0.3, 0.4) is 0 Å². The fourth-order valence-corrected chi connectivity index (χ4v) is 0.870. The molecule has 0 N–H and O–H groups in total. The lowest BCUT2D eigenvalue weighted by molar-refractivity contribution is 0.564. The topological polar surface area (TPSA) is 63.6 Å². The minimum atomic E-state index is -3.83. The molecule has 0 bridgehead atoms. The van der Waals surface area contributed by atoms with Crippen LogP contribution in [0.15, 0.2) is 14.8 Å². The van der Waals surface area contributed by atoms with Gasteiger partial charge in [0.2, 0.25) is 0 Å². The maximum absolute atomic E-state index is 10.6. The molecule has 0 unspecified atom stereocenters. The van der Waals surface area contributed by atoms with E-state index in [2.05, 4.69) is 4.40 Å². The molecule has 0 fully saturated rings. The first-order valence-electron chi connectivity index (χ1n) is 2.15. The number of carbonyl (C=O) groups excluding carboxylic acids is 1. The van der Waals surface area contributed by atoms with E-state index in [1.54, 1.807) is 0 Å². The summed E-state index contributed by atoms with van der Waals surface area (Å²) in [7, 11) is -3.83. The molecule has 0 aliphatic heterocycles. The van der Waals surface area contributed by atoms with Gasteiger partial charge < -0.3 is 0 Å². The van der Waals surface area contributed by atoms with Gasteiger partial charge in [0.25, 0.3) is 16.1 Å². The van der Waals surface area contributed by atoms with E-state index in [1.165, 1.54) is 6.92 Å². The molecule has 0 heterocycles. The van der Waals surface area contributed by atoms with Crippen LogP contribution in [0, 0.1) is 0 Å². The average molecular weight is 182 g/mol. The molecule has 0 aromatic rings. The Labute approximate surface area is 63.3 Å². The molecule has 0 aromatic carbocycles. The fourth-order valence-electron chi connectivity index (χ4n) is 0.177. The van der Waals surface area contributed by atoms with Gasteiger partial charge in [-0.3, -0.25) is 0 Å². The minimum Gasteiger partial charge on any atom is -0.210 e. The summed E-state index contributed by atoms with van der Waals surface area (Å²) < 4.78 is 23.7. The molecule has 0 aliphatic rings. The highest BCUT2D eigenvalue weighted by atomic mass is 35.5. The van der Waals surface area contributed by atoms with Crippen molar-refractivity contribution in [1.82, 2.24) is 0 Å². The van der Waals surface area contributed by atoms with Crippen molar-refractivity contribution in [2.45, 2.75) is 6.92 Å². The fraction of sp³-hybridized carbons (Fsp3) is 0.250. The van der Waals surface area contributed by atoms with Crippen molar-refractivity contribution in [3.05, 3.63) is 10.4 Å². The zero-order chi connectivity index (χ0) is 8.20. The zero-order valence-electron chi connectivity index (χ0n) is 5.04. The predicted molar refractivity (Wildman–Crippen MR) is 36.7 cm³/mol. The number of hydrogen-bond acceptors (Lipinski definition) is 3. The Morgan fingerprint density at radius 3 is 2.50 bits per heavy atom. The Hall–Kier alpha value is -0.640. The largest absolute Gasteiger partial charge is 0.289 e. The highest BCUT2D eigenvalue weighted by Crippen LogP contribution is 2.07. The summed E-state index contributed by atoms with van der Waals surface area (Å²) in [6.45, 7) is 1.23. The smallest absolute Gasteiger partial charge is 0.210 e. The molecule has 0 radical (unpaired) electrons. The third kappa shape index (κ3) is 2.31. The second-order valence-electron chi connectivity index (χ2n) is 1.38. The second kappa shape index (κ2) is 3.51. The Kier molecular flexibility index (Phi) is 3.28. The quantitative estimate of drug-likeness (QED) is 0.467. The van der Waals surface area contributed by atoms with E-state index in [1.807, 2.05) is 0 Å². The number of sulfonamides is 1. The first-order chi connectivity index (χ1) is 4.54. The summed E-state index contributed by atoms with van der Waals surface area (Å²) in [4.78, 5) is 9.32. The number of halogens is 1. The van der Waals surface area contributed by atoms with Crippen LogP contribution in [0.2, 0.25) is 0 Å². The van der Waals surface area contributed by atoms with Crippen molar-refractivity contribution in [3.63, 3.8) is 0 Å². The lowest BCUT2D eigenvalue weighted by atomic mass is 10.8. The highest BCUT2D eigenvalue weighted by molar-refractivity contribution is 7.94. The SMILES string of the molecule is C/C(=C/Cl)S(=O)(=O)N=C=O. The molecule has 0 rings (SSSR count). The van der Waals surface area contributed by atoms with Crippen LogP contribution in [-0.2, 0) is 14.8 Å². The number of nitrogens with zero attached hydrogens (tertiary/aromatic N) is 1. The van der Waals surface area contributed by atoms with E-state index in [-0.39, 0.29) is 4.91 Å². The van der Waals surface area contributed by atoms with E-state index in [0.717, 1.165) is 11.6 Å². The molecule has 0 atom stereocenters. The van der Waals surface area contributed by atoms with E-state index in [0.29, 0.717) is 0 Å². The number of hydrogen-bond donors (Lipinski definition) is 0. The predicted octanol–water partition coefficient (Wildman–Crippen LogP) is 0.752. The van der Waals surface area contributed by atoms with Gasteiger partial charge >= 0.3 is 0 Å². The Morgan fingerprint density at radius 2 is 2.20 bits per heavy atom. The maximum Gasteiger partial charge on any atom is 0.289 e. The first-order valence-corrected chi connectivity index (χ1v) is 4.03. The molecular weight excluding hydrogens is 178 g/mol. The third-order valence-corrected chi connectivity index (χ3v) is 2.42. The van der Waals surface area contributed by atoms with Gasteiger partial charge in [0.15, 0.2) is 0 Å². The minimum absolute atomic E-state index is 0.183. The molecule has 0 saturated heterocycles. The van der Waals surface area contributed by atoms with Crippen molar-refractivity contribution < 1.29 is 13.2 Å². The van der Waals surface area contributed by atoms with Crippen LogP contribution in [0.1, 0.15) is 6.92 Å². The zero-order valence-corrected chi connectivity index (χ0v) is 6.61. The van der Waals surface area contributed by atoms with Crippen molar-refractivity contribution in [2.24, 2.45) is 4.40 Å². The van der Waals surface area contributed by atoms with E-state index in [4.69, 9.17) is 11.6 Å². The maximum atomic E-state index is 10.6. The molecule has 0 aliphatic carbocycles. The number of allylic oxidation sites excluding steroid dienone is 1. The van der Waals surface area contributed by atoms with Gasteiger partial charge in [-0.25, -0.2) is 4.79 Å². The summed E-state index contributed by atoms with van der Waals surface area (Å²) in [5.41, 5.74) is 0.830. The monoisotopic (exact) mass is 181 g/mol. The van der Waals surface area contributed by atoms with Crippen LogP contribution in [0.25, 0.3) is 0 Å². The van der Waals surface area contributed by atoms with Gasteiger partial charge in [-0.1, -0.05) is 16.0 Å². The summed E-state index contributed by atoms with van der Waals surface area (Å²) in [5.74, 6) is 0. The first kappa shape index (κ1) is 9.36. The molecular formula is C4H4ClNO3S. The van der Waals surface area contributed by atoms with E-state index >= 15 is 0 Å². The number of rotatable bonds is 2. The Morgan fingerprint density at radius 1 is 1.70 bits per heavy atom. The van der Waals surface area contributed by atoms with Crippen molar-refractivity contribution in [1.29, 1.82) is 0 Å². The van der Waals surface area contributed by atoms with Gasteiger partial charge in [-0.05, 0) is 6.92 Å². The van der Waals surface area contributed by atoms with E-state index in [9.17, 15) is 13.2 Å². The van der Waals surface area contributed by atoms with Crippen molar-refractivity contribution in [3.8, 4) is 0 Å². The van der Waals surface area contributed by atoms with Crippen LogP contribution in [-0.4, -0.2) is 14.5 Å². The van der Waals surface area contributed by atoms with Gasteiger partial charge in [-0.15, -0.1) is 0 Å². The normalized spacial score (nSPS) is 12.4. The lowest BCUT2D eigenvalue weighted by Crippen LogP contribution is -1.94. The van der Waals surface area contributed by atoms with Crippen LogP contribution in [0.5, 0.6) is 0 Å². The molecule has 0 saturated carbocycles. The number of isocyanates is 1. The van der Waals surface area contributed by atoms with Crippen LogP contribution in [0.4, 0.5) is 0 Å². The second-order valence-corrected chi connectivity index (χ2v) is 3.37. The highest BCUT2D eigenvalue weighted by Gasteiger charge is 2.09. The third-order valence-electron chi connectivity index (χ3n) is 0.718. The van der Waals surface area contributed by atoms with Crippen LogP contribution < -0.4 is 0 Å². The van der Waals surface area contributed by atoms with Crippen molar-refractivity contribution in [2.75, 3.05) is 0 Å². The molecule has 56 valence electrons. The summed E-state index contributed by atoms with van der Waals surface area (Å²) in [5, 5.41) is 0. The molecule has 4 nitrogen and oxygen atoms in total. The van der Waals surface area contributed by atoms with Gasteiger partial charge in [0.1, 0.15) is 0 Å². The molecule has 6 heteroatoms. The van der Waals surface area contributed by atoms with Gasteiger partial charge in [0.05, 0.1) is 4.91 Å². The summed E-state index contributed by atoms with van der Waals surface area (Å²) in [6, 6.07) is 0. The van der Waals surface area contributed by atoms with Gasteiger partial charge in [-0.2, -0.15) is 8.42 Å². The standard InChI is InChI=1S/C4H4ClNO3S/c1-4(2-5)10(8,9)6-3-7/h2H,1H3/b4-2-. The molecule has 10 heavy (non-hydrogen) atoms. The Balaban J connectivity index is 4.96. The summed E-state index contributed by atoms with van der Waals surface area (Å²) in [6.07, 6.45) is 0.911.